The molecule has 64 valence electrons. The molecule has 1 aromatic carbocycles. The molecule has 0 nitrogen and oxygen atoms in total. The average Bonchev–Trinajstić information content (AvgIpc) is 2.03. The maximum atomic E-state index is 13.2. The molecule has 12 heavy (non-hydrogen) atoms. The van der Waals surface area contributed by atoms with E-state index in [-0.39, 0.29) is 11.7 Å². The Labute approximate surface area is 72.7 Å². The van der Waals surface area contributed by atoms with Crippen molar-refractivity contribution in [1.82, 2.24) is 0 Å². The smallest absolute Gasteiger partial charge is 0.127 e. The highest BCUT2D eigenvalue weighted by Gasteiger charge is 2.05. The van der Waals surface area contributed by atoms with Crippen LogP contribution in [0, 0.1) is 5.82 Å². The van der Waals surface area contributed by atoms with Gasteiger partial charge in [0.05, 0.1) is 0 Å². The molecule has 0 N–H and O–H groups in total. The fourth-order valence-corrected chi connectivity index (χ4v) is 1.14. The van der Waals surface area contributed by atoms with Gasteiger partial charge in [-0.2, -0.15) is 0 Å². The summed E-state index contributed by atoms with van der Waals surface area (Å²) in [7, 11) is 0. The van der Waals surface area contributed by atoms with Crippen LogP contribution < -0.4 is 0 Å². The molecule has 0 heterocycles. The summed E-state index contributed by atoms with van der Waals surface area (Å²) in [6, 6.07) is 5.21. The van der Waals surface area contributed by atoms with Crippen molar-refractivity contribution < 1.29 is 4.39 Å². The summed E-state index contributed by atoms with van der Waals surface area (Å²) < 4.78 is 13.2. The van der Waals surface area contributed by atoms with Crippen LogP contribution in [0.2, 0.25) is 0 Å². The molecule has 0 saturated heterocycles. The Morgan fingerprint density at radius 2 is 2.08 bits per heavy atom. The summed E-state index contributed by atoms with van der Waals surface area (Å²) in [5, 5.41) is 0. The van der Waals surface area contributed by atoms with E-state index in [0.29, 0.717) is 0 Å². The Morgan fingerprint density at radius 1 is 1.42 bits per heavy atom. The van der Waals surface area contributed by atoms with Crippen LogP contribution in [0.5, 0.6) is 0 Å². The van der Waals surface area contributed by atoms with Crippen LogP contribution in [-0.2, 0) is 0 Å². The van der Waals surface area contributed by atoms with Gasteiger partial charge >= 0.3 is 0 Å². The molecule has 0 aliphatic rings. The van der Waals surface area contributed by atoms with Gasteiger partial charge in [0.2, 0.25) is 0 Å². The van der Waals surface area contributed by atoms with E-state index in [2.05, 4.69) is 6.58 Å². The molecule has 1 heteroatoms. The fraction of sp³-hybridized carbons (Fsp3) is 0.273. The largest absolute Gasteiger partial charge is 0.207 e. The third-order valence-corrected chi connectivity index (χ3v) is 1.88. The van der Waals surface area contributed by atoms with Gasteiger partial charge in [0.15, 0.2) is 0 Å². The van der Waals surface area contributed by atoms with Crippen LogP contribution >= 0.6 is 0 Å². The zero-order valence-electron chi connectivity index (χ0n) is 7.47. The van der Waals surface area contributed by atoms with Crippen LogP contribution in [0.25, 0.3) is 6.08 Å². The molecule has 1 aromatic rings. The number of rotatable bonds is 2. The minimum Gasteiger partial charge on any atom is -0.207 e. The molecule has 0 saturated carbocycles. The van der Waals surface area contributed by atoms with Crippen LogP contribution in [0.3, 0.4) is 0 Å². The van der Waals surface area contributed by atoms with Crippen molar-refractivity contribution in [2.24, 2.45) is 0 Å². The number of benzene rings is 1. The summed E-state index contributed by atoms with van der Waals surface area (Å²) in [5.74, 6) is 0.103. The minimum atomic E-state index is -0.137. The van der Waals surface area contributed by atoms with Crippen LogP contribution in [0.15, 0.2) is 24.8 Å². The van der Waals surface area contributed by atoms with Gasteiger partial charge in [0, 0.05) is 0 Å². The monoisotopic (exact) mass is 164 g/mol. The highest BCUT2D eigenvalue weighted by atomic mass is 19.1. The molecule has 0 aliphatic heterocycles. The lowest BCUT2D eigenvalue weighted by atomic mass is 10.0. The van der Waals surface area contributed by atoms with Crippen molar-refractivity contribution >= 4 is 6.08 Å². The minimum absolute atomic E-state index is 0.137. The van der Waals surface area contributed by atoms with Gasteiger partial charge in [0.1, 0.15) is 5.82 Å². The van der Waals surface area contributed by atoms with E-state index in [9.17, 15) is 4.39 Å². The van der Waals surface area contributed by atoms with Crippen LogP contribution in [0.4, 0.5) is 4.39 Å². The zero-order chi connectivity index (χ0) is 9.14. The highest BCUT2D eigenvalue weighted by Crippen LogP contribution is 2.19. The molecular formula is C11H13F. The van der Waals surface area contributed by atoms with E-state index >= 15 is 0 Å². The molecule has 0 unspecified atom stereocenters. The third kappa shape index (κ3) is 1.73. The van der Waals surface area contributed by atoms with Gasteiger partial charge in [-0.15, -0.1) is 0 Å². The topological polar surface area (TPSA) is 0 Å². The molecular weight excluding hydrogens is 151 g/mol. The van der Waals surface area contributed by atoms with Crippen molar-refractivity contribution in [3.05, 3.63) is 41.7 Å². The molecule has 1 rings (SSSR count). The first-order valence-corrected chi connectivity index (χ1v) is 4.07. The van der Waals surface area contributed by atoms with Gasteiger partial charge < -0.3 is 0 Å². The lowest BCUT2D eigenvalue weighted by Crippen LogP contribution is -1.92. The molecule has 0 radical (unpaired) electrons. The molecule has 0 aromatic heterocycles. The van der Waals surface area contributed by atoms with Crippen molar-refractivity contribution in [3.8, 4) is 0 Å². The van der Waals surface area contributed by atoms with Gasteiger partial charge in [-0.25, -0.2) is 4.39 Å². The normalized spacial score (nSPS) is 10.3. The van der Waals surface area contributed by atoms with Crippen molar-refractivity contribution in [1.29, 1.82) is 0 Å². The Hall–Kier alpha value is -1.11. The molecule has 0 bridgehead atoms. The summed E-state index contributed by atoms with van der Waals surface area (Å²) in [6.45, 7) is 7.54. The number of halogens is 1. The first-order chi connectivity index (χ1) is 5.65. The van der Waals surface area contributed by atoms with Gasteiger partial charge in [-0.05, 0) is 23.1 Å². The lowest BCUT2D eigenvalue weighted by Gasteiger charge is -2.06. The Bertz CT molecular complexity index is 287. The number of hydrogen-bond acceptors (Lipinski definition) is 0. The average molecular weight is 164 g/mol. The second-order valence-electron chi connectivity index (χ2n) is 3.14. The molecule has 0 aliphatic carbocycles. The first-order valence-electron chi connectivity index (χ1n) is 4.07. The second-order valence-corrected chi connectivity index (χ2v) is 3.14. The lowest BCUT2D eigenvalue weighted by molar-refractivity contribution is 0.598. The van der Waals surface area contributed by atoms with E-state index in [1.54, 1.807) is 6.08 Å². The molecule has 0 amide bonds. The van der Waals surface area contributed by atoms with Crippen molar-refractivity contribution in [2.75, 3.05) is 0 Å². The number of hydrogen-bond donors (Lipinski definition) is 0. The predicted molar refractivity (Wildman–Crippen MR) is 50.6 cm³/mol. The Morgan fingerprint density at radius 3 is 2.50 bits per heavy atom. The third-order valence-electron chi connectivity index (χ3n) is 1.88. The second kappa shape index (κ2) is 3.53. The first kappa shape index (κ1) is 8.98. The van der Waals surface area contributed by atoms with E-state index < -0.39 is 0 Å². The Balaban J connectivity index is 3.11. The summed E-state index contributed by atoms with van der Waals surface area (Å²) in [5.41, 5.74) is 1.59. The zero-order valence-corrected chi connectivity index (χ0v) is 7.47. The van der Waals surface area contributed by atoms with Crippen LogP contribution in [0.1, 0.15) is 30.9 Å². The maximum Gasteiger partial charge on any atom is 0.127 e. The summed E-state index contributed by atoms with van der Waals surface area (Å²) in [6.07, 6.45) is 1.65. The van der Waals surface area contributed by atoms with Gasteiger partial charge in [-0.1, -0.05) is 38.6 Å². The fourth-order valence-electron chi connectivity index (χ4n) is 1.14. The van der Waals surface area contributed by atoms with Crippen molar-refractivity contribution in [2.45, 2.75) is 19.8 Å². The quantitative estimate of drug-likeness (QED) is 0.626. The predicted octanol–water partition coefficient (Wildman–Crippen LogP) is 3.59. The standard InChI is InChI=1S/C11H13F/c1-4-9-5-6-10(8(2)3)11(12)7-9/h4-8H,1H2,2-3H3. The van der Waals surface area contributed by atoms with Gasteiger partial charge in [0.25, 0.3) is 0 Å². The molecule has 0 spiro atoms. The van der Waals surface area contributed by atoms with Gasteiger partial charge in [-0.3, -0.25) is 0 Å². The van der Waals surface area contributed by atoms with Crippen molar-refractivity contribution in [3.63, 3.8) is 0 Å². The van der Waals surface area contributed by atoms with E-state index in [4.69, 9.17) is 0 Å². The molecule has 0 atom stereocenters. The highest BCUT2D eigenvalue weighted by molar-refractivity contribution is 5.47. The maximum absolute atomic E-state index is 13.2. The van der Waals surface area contributed by atoms with Crippen LogP contribution in [-0.4, -0.2) is 0 Å². The summed E-state index contributed by atoms with van der Waals surface area (Å²) >= 11 is 0. The summed E-state index contributed by atoms with van der Waals surface area (Å²) in [4.78, 5) is 0. The van der Waals surface area contributed by atoms with E-state index in [1.807, 2.05) is 26.0 Å². The SMILES string of the molecule is C=Cc1ccc(C(C)C)c(F)c1. The van der Waals surface area contributed by atoms with E-state index in [1.165, 1.54) is 6.07 Å². The Kier molecular flexibility index (Phi) is 2.64. The molecule has 0 fully saturated rings. The van der Waals surface area contributed by atoms with E-state index in [0.717, 1.165) is 11.1 Å².